The molecule has 0 spiro atoms. The van der Waals surface area contributed by atoms with Gasteiger partial charge in [-0.15, -0.1) is 0 Å². The van der Waals surface area contributed by atoms with Crippen LogP contribution in [0.25, 0.3) is 0 Å². The number of carboxylic acid groups (broad SMARTS) is 1. The molecule has 1 N–H and O–H groups in total. The number of carboxylic acids is 1. The molecule has 0 saturated carbocycles. The Labute approximate surface area is 100 Å². The van der Waals surface area contributed by atoms with Crippen molar-refractivity contribution in [3.05, 3.63) is 35.4 Å². The molecule has 0 aliphatic carbocycles. The van der Waals surface area contributed by atoms with E-state index in [2.05, 4.69) is 0 Å². The molecule has 0 amide bonds. The highest BCUT2D eigenvalue weighted by atomic mass is 16.5. The van der Waals surface area contributed by atoms with Gasteiger partial charge < -0.3 is 9.84 Å². The van der Waals surface area contributed by atoms with Crippen molar-refractivity contribution in [2.45, 2.75) is 26.2 Å². The predicted octanol–water partition coefficient (Wildman–Crippen LogP) is 2.23. The summed E-state index contributed by atoms with van der Waals surface area (Å²) in [6, 6.07) is 6.44. The lowest BCUT2D eigenvalue weighted by Gasteiger charge is -2.19. The average molecular weight is 236 g/mol. The molecule has 0 bridgehead atoms. The number of benzene rings is 1. The zero-order valence-corrected chi connectivity index (χ0v) is 10.2. The lowest BCUT2D eigenvalue weighted by Crippen LogP contribution is -2.28. The lowest BCUT2D eigenvalue weighted by molar-refractivity contribution is -0.142. The zero-order valence-electron chi connectivity index (χ0n) is 10.2. The second-order valence-corrected chi connectivity index (χ2v) is 4.23. The maximum absolute atomic E-state index is 11.4. The molecule has 17 heavy (non-hydrogen) atoms. The van der Waals surface area contributed by atoms with Crippen LogP contribution in [0.15, 0.2) is 24.3 Å². The second kappa shape index (κ2) is 4.99. The molecule has 0 heterocycles. The fraction of sp³-hybridized carbons (Fsp3) is 0.385. The number of aliphatic carboxylic acids is 1. The summed E-state index contributed by atoms with van der Waals surface area (Å²) < 4.78 is 4.85. The third-order valence-corrected chi connectivity index (χ3v) is 2.65. The highest BCUT2D eigenvalue weighted by molar-refractivity contribution is 5.89. The minimum atomic E-state index is -0.965. The molecular weight excluding hydrogens is 220 g/mol. The van der Waals surface area contributed by atoms with Crippen molar-refractivity contribution in [3.63, 3.8) is 0 Å². The lowest BCUT2D eigenvalue weighted by atomic mass is 9.84. The monoisotopic (exact) mass is 236 g/mol. The third kappa shape index (κ3) is 2.84. The van der Waals surface area contributed by atoms with E-state index in [1.54, 1.807) is 45.0 Å². The van der Waals surface area contributed by atoms with Crippen LogP contribution in [-0.2, 0) is 14.9 Å². The van der Waals surface area contributed by atoms with E-state index < -0.39 is 17.4 Å². The molecular formula is C13H16O4. The number of hydrogen-bond donors (Lipinski definition) is 1. The Hall–Kier alpha value is -1.84. The average Bonchev–Trinajstić information content (AvgIpc) is 2.29. The Morgan fingerprint density at radius 1 is 1.24 bits per heavy atom. The van der Waals surface area contributed by atoms with Gasteiger partial charge in [-0.2, -0.15) is 0 Å². The SMILES string of the molecule is CCOC(=O)c1ccc(C(C)(C)C(=O)O)cc1. The minimum absolute atomic E-state index is 0.321. The van der Waals surface area contributed by atoms with Gasteiger partial charge in [-0.05, 0) is 38.5 Å². The highest BCUT2D eigenvalue weighted by Crippen LogP contribution is 2.23. The van der Waals surface area contributed by atoms with Crippen LogP contribution in [0.3, 0.4) is 0 Å². The van der Waals surface area contributed by atoms with Crippen LogP contribution in [0.4, 0.5) is 0 Å². The number of ether oxygens (including phenoxy) is 1. The summed E-state index contributed by atoms with van der Waals surface area (Å²) >= 11 is 0. The number of hydrogen-bond acceptors (Lipinski definition) is 3. The van der Waals surface area contributed by atoms with E-state index in [0.717, 1.165) is 0 Å². The van der Waals surface area contributed by atoms with Crippen molar-refractivity contribution in [3.8, 4) is 0 Å². The van der Waals surface area contributed by atoms with Gasteiger partial charge in [0.2, 0.25) is 0 Å². The summed E-state index contributed by atoms with van der Waals surface area (Å²) in [5.74, 6) is -1.30. The first-order valence-corrected chi connectivity index (χ1v) is 5.40. The van der Waals surface area contributed by atoms with Crippen LogP contribution in [0.5, 0.6) is 0 Å². The molecule has 4 nitrogen and oxygen atoms in total. The van der Waals surface area contributed by atoms with Gasteiger partial charge in [0.1, 0.15) is 0 Å². The van der Waals surface area contributed by atoms with E-state index in [1.165, 1.54) is 0 Å². The Bertz CT molecular complexity index is 418. The third-order valence-electron chi connectivity index (χ3n) is 2.65. The van der Waals surface area contributed by atoms with Crippen LogP contribution in [0.2, 0.25) is 0 Å². The molecule has 0 fully saturated rings. The first-order valence-electron chi connectivity index (χ1n) is 5.40. The summed E-state index contributed by atoms with van der Waals surface area (Å²) in [4.78, 5) is 22.5. The topological polar surface area (TPSA) is 63.6 Å². The van der Waals surface area contributed by atoms with Crippen molar-refractivity contribution >= 4 is 11.9 Å². The summed E-state index contributed by atoms with van der Waals surface area (Å²) in [5.41, 5.74) is 0.113. The van der Waals surface area contributed by atoms with Crippen LogP contribution < -0.4 is 0 Å². The molecule has 4 heteroatoms. The minimum Gasteiger partial charge on any atom is -0.481 e. The van der Waals surface area contributed by atoms with Crippen LogP contribution in [0, 0.1) is 0 Å². The van der Waals surface area contributed by atoms with Crippen molar-refractivity contribution in [2.24, 2.45) is 0 Å². The van der Waals surface area contributed by atoms with Crippen LogP contribution in [-0.4, -0.2) is 23.7 Å². The number of carbonyl (C=O) groups is 2. The first-order chi connectivity index (χ1) is 7.89. The molecule has 0 atom stereocenters. The van der Waals surface area contributed by atoms with E-state index in [0.29, 0.717) is 17.7 Å². The van der Waals surface area contributed by atoms with Gasteiger partial charge in [0.15, 0.2) is 0 Å². The molecule has 0 radical (unpaired) electrons. The molecule has 1 rings (SSSR count). The van der Waals surface area contributed by atoms with Gasteiger partial charge in [-0.25, -0.2) is 4.79 Å². The van der Waals surface area contributed by atoms with Gasteiger partial charge in [-0.3, -0.25) is 4.79 Å². The van der Waals surface area contributed by atoms with Crippen molar-refractivity contribution < 1.29 is 19.4 Å². The van der Waals surface area contributed by atoms with Crippen molar-refractivity contribution in [1.29, 1.82) is 0 Å². The fourth-order valence-corrected chi connectivity index (χ4v) is 1.36. The molecule has 0 aliphatic rings. The predicted molar refractivity (Wildman–Crippen MR) is 63.1 cm³/mol. The van der Waals surface area contributed by atoms with E-state index in [1.807, 2.05) is 0 Å². The van der Waals surface area contributed by atoms with Crippen molar-refractivity contribution in [2.75, 3.05) is 6.61 Å². The number of esters is 1. The van der Waals surface area contributed by atoms with E-state index in [-0.39, 0.29) is 0 Å². The van der Waals surface area contributed by atoms with Gasteiger partial charge >= 0.3 is 11.9 Å². The zero-order chi connectivity index (χ0) is 13.1. The Kier molecular flexibility index (Phi) is 3.89. The van der Waals surface area contributed by atoms with Crippen LogP contribution in [0.1, 0.15) is 36.7 Å². The molecule has 1 aromatic rings. The van der Waals surface area contributed by atoms with Gasteiger partial charge in [0, 0.05) is 0 Å². The molecule has 0 unspecified atom stereocenters. The molecule has 0 saturated heterocycles. The fourth-order valence-electron chi connectivity index (χ4n) is 1.36. The molecule has 0 aliphatic heterocycles. The molecule has 92 valence electrons. The first kappa shape index (κ1) is 13.2. The Balaban J connectivity index is 2.96. The van der Waals surface area contributed by atoms with E-state index in [4.69, 9.17) is 9.84 Å². The number of rotatable bonds is 4. The molecule has 0 aromatic heterocycles. The summed E-state index contributed by atoms with van der Waals surface area (Å²) in [5, 5.41) is 9.07. The van der Waals surface area contributed by atoms with Gasteiger partial charge in [0.05, 0.1) is 17.6 Å². The largest absolute Gasteiger partial charge is 0.481 e. The summed E-state index contributed by atoms with van der Waals surface area (Å²) in [7, 11) is 0. The van der Waals surface area contributed by atoms with Gasteiger partial charge in [-0.1, -0.05) is 12.1 Å². The standard InChI is InChI=1S/C13H16O4/c1-4-17-11(14)9-5-7-10(8-6-9)13(2,3)12(15)16/h5-8H,4H2,1-3H3,(H,15,16). The molecule has 1 aromatic carbocycles. The maximum Gasteiger partial charge on any atom is 0.338 e. The normalized spacial score (nSPS) is 11.0. The number of carbonyl (C=O) groups excluding carboxylic acids is 1. The van der Waals surface area contributed by atoms with Crippen molar-refractivity contribution in [1.82, 2.24) is 0 Å². The Morgan fingerprint density at radius 3 is 2.18 bits per heavy atom. The summed E-state index contributed by atoms with van der Waals surface area (Å²) in [6.45, 7) is 5.30. The Morgan fingerprint density at radius 2 is 1.76 bits per heavy atom. The van der Waals surface area contributed by atoms with E-state index >= 15 is 0 Å². The van der Waals surface area contributed by atoms with Gasteiger partial charge in [0.25, 0.3) is 0 Å². The van der Waals surface area contributed by atoms with Crippen LogP contribution >= 0.6 is 0 Å². The maximum atomic E-state index is 11.4. The van der Waals surface area contributed by atoms with E-state index in [9.17, 15) is 9.59 Å². The second-order valence-electron chi connectivity index (χ2n) is 4.23. The highest BCUT2D eigenvalue weighted by Gasteiger charge is 2.29. The summed E-state index contributed by atoms with van der Waals surface area (Å²) in [6.07, 6.45) is 0. The quantitative estimate of drug-likeness (QED) is 0.814. The smallest absolute Gasteiger partial charge is 0.338 e.